The predicted octanol–water partition coefficient (Wildman–Crippen LogP) is 2.25. The highest BCUT2D eigenvalue weighted by molar-refractivity contribution is 4.84. The third kappa shape index (κ3) is 3.18. The fraction of sp³-hybridized carbons (Fsp3) is 1.00. The summed E-state index contributed by atoms with van der Waals surface area (Å²) in [6.07, 6.45) is 8.43. The average molecular weight is 210 g/mol. The van der Waals surface area contributed by atoms with Crippen molar-refractivity contribution in [3.8, 4) is 0 Å². The van der Waals surface area contributed by atoms with Crippen LogP contribution in [0, 0.1) is 5.92 Å². The van der Waals surface area contributed by atoms with Gasteiger partial charge in [-0.15, -0.1) is 0 Å². The summed E-state index contributed by atoms with van der Waals surface area (Å²) in [5.74, 6) is 0.901. The average Bonchev–Trinajstić information content (AvgIpc) is 2.25. The molecule has 2 nitrogen and oxygen atoms in total. The molecule has 0 aromatic rings. The predicted molar refractivity (Wildman–Crippen MR) is 65.1 cm³/mol. The Morgan fingerprint density at radius 2 is 1.67 bits per heavy atom. The van der Waals surface area contributed by atoms with E-state index in [-0.39, 0.29) is 0 Å². The minimum Gasteiger partial charge on any atom is -0.311 e. The van der Waals surface area contributed by atoms with Crippen LogP contribution in [0.2, 0.25) is 0 Å². The van der Waals surface area contributed by atoms with Gasteiger partial charge in [0, 0.05) is 12.1 Å². The molecule has 15 heavy (non-hydrogen) atoms. The van der Waals surface area contributed by atoms with Gasteiger partial charge in [0.25, 0.3) is 0 Å². The molecule has 1 N–H and O–H groups in total. The van der Waals surface area contributed by atoms with Crippen molar-refractivity contribution in [2.24, 2.45) is 5.92 Å². The maximum absolute atomic E-state index is 3.90. The number of piperidine rings is 1. The van der Waals surface area contributed by atoms with E-state index in [0.717, 1.165) is 18.0 Å². The van der Waals surface area contributed by atoms with Crippen LogP contribution in [-0.2, 0) is 0 Å². The summed E-state index contributed by atoms with van der Waals surface area (Å²) in [5, 5.41) is 3.90. The van der Waals surface area contributed by atoms with E-state index >= 15 is 0 Å². The van der Waals surface area contributed by atoms with Crippen LogP contribution in [0.3, 0.4) is 0 Å². The van der Waals surface area contributed by atoms with E-state index in [1.54, 1.807) is 0 Å². The first-order valence-electron chi connectivity index (χ1n) is 6.70. The van der Waals surface area contributed by atoms with E-state index in [1.807, 2.05) is 0 Å². The Balaban J connectivity index is 1.75. The second-order valence-electron chi connectivity index (χ2n) is 5.61. The van der Waals surface area contributed by atoms with Gasteiger partial charge in [-0.25, -0.2) is 0 Å². The minimum atomic E-state index is 0.798. The van der Waals surface area contributed by atoms with Crippen LogP contribution in [0.4, 0.5) is 0 Å². The Kier molecular flexibility index (Phi) is 4.04. The highest BCUT2D eigenvalue weighted by Crippen LogP contribution is 2.25. The Labute approximate surface area is 94.4 Å². The maximum atomic E-state index is 3.90. The molecule has 1 saturated carbocycles. The number of hydrogen-bond donors (Lipinski definition) is 1. The molecule has 0 unspecified atom stereocenters. The summed E-state index contributed by atoms with van der Waals surface area (Å²) in [6, 6.07) is 1.61. The van der Waals surface area contributed by atoms with Gasteiger partial charge in [0.2, 0.25) is 0 Å². The SMILES string of the molecule is C[C@@H]1CCCC[C@H]1NC1CCN(C)CC1. The number of hydrogen-bond acceptors (Lipinski definition) is 2. The Bertz CT molecular complexity index is 185. The summed E-state index contributed by atoms with van der Waals surface area (Å²) in [7, 11) is 2.24. The van der Waals surface area contributed by atoms with Crippen LogP contribution in [-0.4, -0.2) is 37.1 Å². The van der Waals surface area contributed by atoms with Crippen molar-refractivity contribution < 1.29 is 0 Å². The lowest BCUT2D eigenvalue weighted by Gasteiger charge is -2.36. The van der Waals surface area contributed by atoms with E-state index in [4.69, 9.17) is 0 Å². The van der Waals surface area contributed by atoms with Crippen molar-refractivity contribution >= 4 is 0 Å². The fourth-order valence-corrected chi connectivity index (χ4v) is 3.04. The van der Waals surface area contributed by atoms with Crippen molar-refractivity contribution in [1.29, 1.82) is 0 Å². The molecule has 1 aliphatic carbocycles. The Morgan fingerprint density at radius 1 is 1.00 bits per heavy atom. The summed E-state index contributed by atoms with van der Waals surface area (Å²) >= 11 is 0. The smallest absolute Gasteiger partial charge is 0.00953 e. The first-order valence-corrected chi connectivity index (χ1v) is 6.70. The monoisotopic (exact) mass is 210 g/mol. The number of nitrogens with zero attached hydrogens (tertiary/aromatic N) is 1. The van der Waals surface area contributed by atoms with Gasteiger partial charge in [-0.1, -0.05) is 19.8 Å². The lowest BCUT2D eigenvalue weighted by molar-refractivity contribution is 0.192. The molecule has 0 spiro atoms. The van der Waals surface area contributed by atoms with Gasteiger partial charge in [0.05, 0.1) is 0 Å². The van der Waals surface area contributed by atoms with Crippen molar-refractivity contribution in [2.45, 2.75) is 57.5 Å². The topological polar surface area (TPSA) is 15.3 Å². The number of likely N-dealkylation sites (tertiary alicyclic amines) is 1. The molecule has 0 bridgehead atoms. The minimum absolute atomic E-state index is 0.798. The lowest BCUT2D eigenvalue weighted by Crippen LogP contribution is -2.48. The first-order chi connectivity index (χ1) is 7.25. The summed E-state index contributed by atoms with van der Waals surface area (Å²) < 4.78 is 0. The zero-order chi connectivity index (χ0) is 10.7. The zero-order valence-electron chi connectivity index (χ0n) is 10.3. The molecule has 0 aromatic heterocycles. The van der Waals surface area contributed by atoms with Crippen molar-refractivity contribution in [3.05, 3.63) is 0 Å². The molecule has 1 saturated heterocycles. The quantitative estimate of drug-likeness (QED) is 0.752. The van der Waals surface area contributed by atoms with Crippen molar-refractivity contribution in [2.75, 3.05) is 20.1 Å². The molecule has 1 heterocycles. The van der Waals surface area contributed by atoms with E-state index < -0.39 is 0 Å². The number of rotatable bonds is 2. The molecule has 0 aromatic carbocycles. The van der Waals surface area contributed by atoms with Gasteiger partial charge in [-0.05, 0) is 51.7 Å². The molecule has 1 aliphatic heterocycles. The van der Waals surface area contributed by atoms with Crippen LogP contribution in [0.25, 0.3) is 0 Å². The van der Waals surface area contributed by atoms with Crippen LogP contribution in [0.5, 0.6) is 0 Å². The molecular formula is C13H26N2. The van der Waals surface area contributed by atoms with E-state index in [0.29, 0.717) is 0 Å². The normalized spacial score (nSPS) is 35.6. The van der Waals surface area contributed by atoms with Gasteiger partial charge < -0.3 is 10.2 Å². The van der Waals surface area contributed by atoms with Gasteiger partial charge in [-0.2, -0.15) is 0 Å². The second kappa shape index (κ2) is 5.31. The first kappa shape index (κ1) is 11.4. The lowest BCUT2D eigenvalue weighted by atomic mass is 9.85. The van der Waals surface area contributed by atoms with Crippen LogP contribution >= 0.6 is 0 Å². The van der Waals surface area contributed by atoms with Crippen LogP contribution in [0.15, 0.2) is 0 Å². The third-order valence-electron chi connectivity index (χ3n) is 4.28. The van der Waals surface area contributed by atoms with Crippen molar-refractivity contribution in [1.82, 2.24) is 10.2 Å². The van der Waals surface area contributed by atoms with Crippen LogP contribution < -0.4 is 5.32 Å². The van der Waals surface area contributed by atoms with E-state index in [9.17, 15) is 0 Å². The van der Waals surface area contributed by atoms with Gasteiger partial charge in [-0.3, -0.25) is 0 Å². The Hall–Kier alpha value is -0.0800. The van der Waals surface area contributed by atoms with Gasteiger partial charge in [0.1, 0.15) is 0 Å². The molecule has 0 radical (unpaired) electrons. The Morgan fingerprint density at radius 3 is 2.33 bits per heavy atom. The molecule has 88 valence electrons. The molecule has 2 fully saturated rings. The third-order valence-corrected chi connectivity index (χ3v) is 4.28. The highest BCUT2D eigenvalue weighted by Gasteiger charge is 2.25. The van der Waals surface area contributed by atoms with Gasteiger partial charge in [0.15, 0.2) is 0 Å². The summed E-state index contributed by atoms with van der Waals surface area (Å²) in [5.41, 5.74) is 0. The second-order valence-corrected chi connectivity index (χ2v) is 5.61. The maximum Gasteiger partial charge on any atom is 0.00953 e. The molecule has 2 atom stereocenters. The largest absolute Gasteiger partial charge is 0.311 e. The fourth-order valence-electron chi connectivity index (χ4n) is 3.04. The molecule has 0 amide bonds. The van der Waals surface area contributed by atoms with Crippen molar-refractivity contribution in [3.63, 3.8) is 0 Å². The van der Waals surface area contributed by atoms with E-state index in [2.05, 4.69) is 24.2 Å². The van der Waals surface area contributed by atoms with Gasteiger partial charge >= 0.3 is 0 Å². The number of nitrogens with one attached hydrogen (secondary N) is 1. The molecule has 2 aliphatic rings. The van der Waals surface area contributed by atoms with Crippen LogP contribution in [0.1, 0.15) is 45.4 Å². The molecular weight excluding hydrogens is 184 g/mol. The van der Waals surface area contributed by atoms with E-state index in [1.165, 1.54) is 51.6 Å². The summed E-state index contributed by atoms with van der Waals surface area (Å²) in [6.45, 7) is 4.98. The molecule has 2 heteroatoms. The highest BCUT2D eigenvalue weighted by atomic mass is 15.1. The molecule has 2 rings (SSSR count). The standard InChI is InChI=1S/C13H26N2/c1-11-5-3-4-6-13(11)14-12-7-9-15(2)10-8-12/h11-14H,3-10H2,1-2H3/t11-,13-/m1/s1. The summed E-state index contributed by atoms with van der Waals surface area (Å²) in [4.78, 5) is 2.45. The zero-order valence-corrected chi connectivity index (χ0v) is 10.3.